The summed E-state index contributed by atoms with van der Waals surface area (Å²) in [6, 6.07) is 10.9. The molecule has 2 aromatic heterocycles. The summed E-state index contributed by atoms with van der Waals surface area (Å²) in [5.74, 6) is 1.47. The fraction of sp³-hybridized carbons (Fsp3) is 0.318. The van der Waals surface area contributed by atoms with Gasteiger partial charge in [-0.1, -0.05) is 6.07 Å². The summed E-state index contributed by atoms with van der Waals surface area (Å²) in [6.45, 7) is 2.59. The molecule has 3 aromatic rings. The maximum absolute atomic E-state index is 12.2. The van der Waals surface area contributed by atoms with E-state index >= 15 is 0 Å². The van der Waals surface area contributed by atoms with Crippen molar-refractivity contribution in [1.82, 2.24) is 19.9 Å². The minimum absolute atomic E-state index is 0.134. The molecule has 0 aliphatic carbocycles. The summed E-state index contributed by atoms with van der Waals surface area (Å²) < 4.78 is 5.10. The molecule has 29 heavy (non-hydrogen) atoms. The van der Waals surface area contributed by atoms with Gasteiger partial charge in [0.1, 0.15) is 5.82 Å². The number of hydrogen-bond donors (Lipinski definition) is 2. The van der Waals surface area contributed by atoms with Crippen LogP contribution in [0.15, 0.2) is 53.6 Å². The molecule has 0 radical (unpaired) electrons. The number of H-pyrrole nitrogens is 1. The number of piperidine rings is 1. The Labute approximate surface area is 169 Å². The number of pyridine rings is 1. The van der Waals surface area contributed by atoms with Gasteiger partial charge in [-0.15, -0.1) is 0 Å². The predicted octanol–water partition coefficient (Wildman–Crippen LogP) is 2.93. The molecule has 0 bridgehead atoms. The van der Waals surface area contributed by atoms with Crippen molar-refractivity contribution in [3.63, 3.8) is 0 Å². The molecule has 150 valence electrons. The largest absolute Gasteiger partial charge is 0.504 e. The molecule has 0 saturated carbocycles. The number of aromatic hydroxyl groups is 1. The van der Waals surface area contributed by atoms with Gasteiger partial charge in [-0.25, -0.2) is 4.98 Å². The summed E-state index contributed by atoms with van der Waals surface area (Å²) in [7, 11) is 1.54. The van der Waals surface area contributed by atoms with Crippen LogP contribution < -0.4 is 10.3 Å². The number of rotatable bonds is 5. The molecule has 7 nitrogen and oxygen atoms in total. The molecule has 1 aliphatic rings. The van der Waals surface area contributed by atoms with Gasteiger partial charge in [0, 0.05) is 36.5 Å². The van der Waals surface area contributed by atoms with Crippen LogP contribution in [-0.4, -0.2) is 45.2 Å². The fourth-order valence-electron chi connectivity index (χ4n) is 3.80. The van der Waals surface area contributed by atoms with Crippen LogP contribution in [0.5, 0.6) is 11.5 Å². The number of ether oxygens (including phenoxy) is 1. The van der Waals surface area contributed by atoms with E-state index in [0.717, 1.165) is 49.3 Å². The van der Waals surface area contributed by atoms with Crippen LogP contribution >= 0.6 is 0 Å². The summed E-state index contributed by atoms with van der Waals surface area (Å²) in [5, 5.41) is 9.97. The Morgan fingerprint density at radius 3 is 2.76 bits per heavy atom. The Hall–Kier alpha value is -3.19. The van der Waals surface area contributed by atoms with E-state index in [1.807, 2.05) is 18.2 Å². The summed E-state index contributed by atoms with van der Waals surface area (Å²) in [4.78, 5) is 26.1. The van der Waals surface area contributed by atoms with E-state index in [1.54, 1.807) is 37.7 Å². The summed E-state index contributed by atoms with van der Waals surface area (Å²) >= 11 is 0. The number of benzene rings is 1. The third kappa shape index (κ3) is 4.46. The maximum atomic E-state index is 12.2. The standard InChI is InChI=1S/C22H24N4O3/c1-29-20-5-4-15(11-19(20)27)14-26-9-6-16(7-10-26)18-12-21(28)25-22(24-18)17-3-2-8-23-13-17/h2-5,8,11-13,16,27H,6-7,9-10,14H2,1H3,(H,24,25,28). The van der Waals surface area contributed by atoms with Gasteiger partial charge in [-0.3, -0.25) is 14.7 Å². The monoisotopic (exact) mass is 392 g/mol. The lowest BCUT2D eigenvalue weighted by Crippen LogP contribution is -2.33. The average Bonchev–Trinajstić information content (AvgIpc) is 2.75. The zero-order valence-corrected chi connectivity index (χ0v) is 16.3. The van der Waals surface area contributed by atoms with Gasteiger partial charge in [-0.05, 0) is 55.8 Å². The van der Waals surface area contributed by atoms with Crippen molar-refractivity contribution in [2.45, 2.75) is 25.3 Å². The number of phenols is 1. The Bertz CT molecular complexity index is 1030. The highest BCUT2D eigenvalue weighted by Crippen LogP contribution is 2.30. The first-order valence-corrected chi connectivity index (χ1v) is 9.72. The Balaban J connectivity index is 1.43. The van der Waals surface area contributed by atoms with Gasteiger partial charge < -0.3 is 14.8 Å². The summed E-state index contributed by atoms with van der Waals surface area (Å²) in [6.07, 6.45) is 5.27. The molecule has 1 aliphatic heterocycles. The maximum Gasteiger partial charge on any atom is 0.251 e. The quantitative estimate of drug-likeness (QED) is 0.694. The smallest absolute Gasteiger partial charge is 0.251 e. The molecule has 2 N–H and O–H groups in total. The second-order valence-corrected chi connectivity index (χ2v) is 7.32. The van der Waals surface area contributed by atoms with Crippen molar-refractivity contribution >= 4 is 0 Å². The molecule has 1 fully saturated rings. The zero-order valence-electron chi connectivity index (χ0n) is 16.3. The van der Waals surface area contributed by atoms with Crippen LogP contribution in [0.2, 0.25) is 0 Å². The third-order valence-corrected chi connectivity index (χ3v) is 5.35. The molecule has 4 rings (SSSR count). The third-order valence-electron chi connectivity index (χ3n) is 5.35. The first kappa shape index (κ1) is 19.1. The van der Waals surface area contributed by atoms with Crippen LogP contribution in [0.3, 0.4) is 0 Å². The number of aromatic amines is 1. The van der Waals surface area contributed by atoms with E-state index in [9.17, 15) is 9.90 Å². The summed E-state index contributed by atoms with van der Waals surface area (Å²) in [5.41, 5.74) is 2.57. The van der Waals surface area contributed by atoms with E-state index < -0.39 is 0 Å². The number of methoxy groups -OCH3 is 1. The van der Waals surface area contributed by atoms with E-state index in [1.165, 1.54) is 0 Å². The lowest BCUT2D eigenvalue weighted by molar-refractivity contribution is 0.203. The SMILES string of the molecule is COc1ccc(CN2CCC(c3cc(=O)[nH]c(-c4cccnc4)n3)CC2)cc1O. The molecule has 7 heteroatoms. The number of likely N-dealkylation sites (tertiary alicyclic amines) is 1. The highest BCUT2D eigenvalue weighted by atomic mass is 16.5. The van der Waals surface area contributed by atoms with Crippen LogP contribution in [0, 0.1) is 0 Å². The molecular weight excluding hydrogens is 368 g/mol. The van der Waals surface area contributed by atoms with Crippen molar-refractivity contribution in [2.24, 2.45) is 0 Å². The van der Waals surface area contributed by atoms with Crippen molar-refractivity contribution in [1.29, 1.82) is 0 Å². The van der Waals surface area contributed by atoms with Crippen molar-refractivity contribution in [3.05, 3.63) is 70.4 Å². The topological polar surface area (TPSA) is 91.3 Å². The number of nitrogens with zero attached hydrogens (tertiary/aromatic N) is 3. The molecular formula is C22H24N4O3. The molecule has 3 heterocycles. The van der Waals surface area contributed by atoms with E-state index in [-0.39, 0.29) is 17.2 Å². The van der Waals surface area contributed by atoms with Gasteiger partial charge in [0.15, 0.2) is 11.5 Å². The lowest BCUT2D eigenvalue weighted by Gasteiger charge is -2.31. The highest BCUT2D eigenvalue weighted by Gasteiger charge is 2.23. The Kier molecular flexibility index (Phi) is 5.57. The molecule has 0 amide bonds. The first-order valence-electron chi connectivity index (χ1n) is 9.72. The van der Waals surface area contributed by atoms with Gasteiger partial charge >= 0.3 is 0 Å². The average molecular weight is 392 g/mol. The van der Waals surface area contributed by atoms with Crippen LogP contribution in [0.4, 0.5) is 0 Å². The van der Waals surface area contributed by atoms with E-state index in [2.05, 4.69) is 14.9 Å². The zero-order chi connectivity index (χ0) is 20.2. The molecule has 0 atom stereocenters. The van der Waals surface area contributed by atoms with Gasteiger partial charge in [0.25, 0.3) is 5.56 Å². The molecule has 1 aromatic carbocycles. The van der Waals surface area contributed by atoms with Gasteiger partial charge in [0.05, 0.1) is 12.8 Å². The van der Waals surface area contributed by atoms with Crippen molar-refractivity contribution < 1.29 is 9.84 Å². The Morgan fingerprint density at radius 1 is 1.24 bits per heavy atom. The van der Waals surface area contributed by atoms with Crippen molar-refractivity contribution in [3.8, 4) is 22.9 Å². The normalized spacial score (nSPS) is 15.3. The first-order chi connectivity index (χ1) is 14.1. The van der Waals surface area contributed by atoms with Crippen LogP contribution in [0.25, 0.3) is 11.4 Å². The predicted molar refractivity (Wildman–Crippen MR) is 110 cm³/mol. The molecule has 0 unspecified atom stereocenters. The molecule has 1 saturated heterocycles. The van der Waals surface area contributed by atoms with Crippen molar-refractivity contribution in [2.75, 3.05) is 20.2 Å². The van der Waals surface area contributed by atoms with E-state index in [4.69, 9.17) is 9.72 Å². The molecule has 0 spiro atoms. The van der Waals surface area contributed by atoms with E-state index in [0.29, 0.717) is 11.6 Å². The fourth-order valence-corrected chi connectivity index (χ4v) is 3.80. The number of aromatic nitrogens is 3. The minimum Gasteiger partial charge on any atom is -0.504 e. The number of nitrogens with one attached hydrogen (secondary N) is 1. The lowest BCUT2D eigenvalue weighted by atomic mass is 9.93. The van der Waals surface area contributed by atoms with Gasteiger partial charge in [0.2, 0.25) is 0 Å². The van der Waals surface area contributed by atoms with Gasteiger partial charge in [-0.2, -0.15) is 0 Å². The highest BCUT2D eigenvalue weighted by molar-refractivity contribution is 5.52. The number of phenolic OH excluding ortho intramolecular Hbond substituents is 1. The number of hydrogen-bond acceptors (Lipinski definition) is 6. The van der Waals surface area contributed by atoms with Crippen LogP contribution in [-0.2, 0) is 6.54 Å². The Morgan fingerprint density at radius 2 is 2.07 bits per heavy atom. The second kappa shape index (κ2) is 8.45. The minimum atomic E-state index is -0.134. The second-order valence-electron chi connectivity index (χ2n) is 7.32. The van der Waals surface area contributed by atoms with Crippen LogP contribution in [0.1, 0.15) is 30.0 Å².